The van der Waals surface area contributed by atoms with Gasteiger partial charge in [-0.05, 0) is 13.3 Å². The fourth-order valence-corrected chi connectivity index (χ4v) is 3.39. The Morgan fingerprint density at radius 3 is 3.06 bits per heavy atom. The summed E-state index contributed by atoms with van der Waals surface area (Å²) in [6, 6.07) is 0.107. The second kappa shape index (κ2) is 3.57. The van der Waals surface area contributed by atoms with Crippen LogP contribution >= 0.6 is 0 Å². The lowest BCUT2D eigenvalue weighted by Gasteiger charge is -2.26. The van der Waals surface area contributed by atoms with Crippen LogP contribution in [0.15, 0.2) is 12.2 Å². The zero-order chi connectivity index (χ0) is 13.1. The highest BCUT2D eigenvalue weighted by Crippen LogP contribution is 2.52. The Bertz CT molecular complexity index is 446. The number of hydrogen-bond acceptors (Lipinski definition) is 4. The summed E-state index contributed by atoms with van der Waals surface area (Å²) in [4.78, 5) is 25.4. The highest BCUT2D eigenvalue weighted by atomic mass is 16.5. The first kappa shape index (κ1) is 11.7. The molecule has 0 saturated carbocycles. The van der Waals surface area contributed by atoms with E-state index in [0.717, 1.165) is 6.42 Å². The molecule has 3 heterocycles. The Balaban J connectivity index is 1.97. The van der Waals surface area contributed by atoms with Gasteiger partial charge < -0.3 is 19.5 Å². The number of fused-ring (bicyclic) bond motifs is 1. The maximum Gasteiger partial charge on any atom is 0.230 e. The fraction of sp³-hybridized carbons (Fsp3) is 0.692. The van der Waals surface area contributed by atoms with E-state index in [9.17, 15) is 14.7 Å². The van der Waals surface area contributed by atoms with Crippen LogP contribution in [0.2, 0.25) is 0 Å². The van der Waals surface area contributed by atoms with Crippen LogP contribution in [-0.4, -0.2) is 41.1 Å². The molecule has 0 aliphatic carbocycles. The second-order valence-corrected chi connectivity index (χ2v) is 5.44. The standard InChI is InChI=1S/C13H17NO4/c1-3-7(2)14-6-13-5-4-8(18-13)9(12(16)17)10(13)11(14)15/h4-5,7-10H,3,6H2,1-2H3,(H,16,17)/p-1/t7-,8-,9+,10-,13-/m1/s1. The van der Waals surface area contributed by atoms with Gasteiger partial charge in [0.25, 0.3) is 0 Å². The number of nitrogens with zero attached hydrogens (tertiary/aromatic N) is 1. The number of rotatable bonds is 3. The summed E-state index contributed by atoms with van der Waals surface area (Å²) in [5.41, 5.74) is -0.726. The number of carbonyl (C=O) groups excluding carboxylic acids is 2. The minimum Gasteiger partial charge on any atom is -0.550 e. The van der Waals surface area contributed by atoms with Gasteiger partial charge in [0.15, 0.2) is 0 Å². The van der Waals surface area contributed by atoms with Gasteiger partial charge in [-0.3, -0.25) is 4.79 Å². The molecule has 3 rings (SSSR count). The van der Waals surface area contributed by atoms with Crippen molar-refractivity contribution < 1.29 is 19.4 Å². The van der Waals surface area contributed by atoms with Crippen molar-refractivity contribution in [1.82, 2.24) is 4.90 Å². The molecule has 5 nitrogen and oxygen atoms in total. The molecule has 0 aromatic rings. The summed E-state index contributed by atoms with van der Waals surface area (Å²) in [5, 5.41) is 11.2. The molecule has 0 radical (unpaired) electrons. The van der Waals surface area contributed by atoms with Crippen molar-refractivity contribution in [1.29, 1.82) is 0 Å². The Morgan fingerprint density at radius 2 is 2.44 bits per heavy atom. The van der Waals surface area contributed by atoms with Crippen molar-refractivity contribution in [2.45, 2.75) is 38.0 Å². The van der Waals surface area contributed by atoms with E-state index in [2.05, 4.69) is 0 Å². The molecule has 18 heavy (non-hydrogen) atoms. The summed E-state index contributed by atoms with van der Waals surface area (Å²) in [6.07, 6.45) is 3.97. The van der Waals surface area contributed by atoms with E-state index in [1.54, 1.807) is 11.0 Å². The van der Waals surface area contributed by atoms with Crippen LogP contribution in [0.3, 0.4) is 0 Å². The predicted octanol–water partition coefficient (Wildman–Crippen LogP) is -0.683. The Labute approximate surface area is 105 Å². The van der Waals surface area contributed by atoms with Crippen LogP contribution in [0.4, 0.5) is 0 Å². The van der Waals surface area contributed by atoms with Crippen molar-refractivity contribution in [3.05, 3.63) is 12.2 Å². The van der Waals surface area contributed by atoms with Crippen LogP contribution < -0.4 is 5.11 Å². The molecule has 2 fully saturated rings. The van der Waals surface area contributed by atoms with E-state index in [0.29, 0.717) is 6.54 Å². The number of likely N-dealkylation sites (tertiary alicyclic amines) is 1. The fourth-order valence-electron chi connectivity index (χ4n) is 3.39. The van der Waals surface area contributed by atoms with Gasteiger partial charge in [-0.15, -0.1) is 0 Å². The monoisotopic (exact) mass is 250 g/mol. The quantitative estimate of drug-likeness (QED) is 0.622. The first-order valence-corrected chi connectivity index (χ1v) is 6.38. The van der Waals surface area contributed by atoms with Crippen molar-refractivity contribution in [3.8, 4) is 0 Å². The molecule has 2 saturated heterocycles. The van der Waals surface area contributed by atoms with E-state index in [1.807, 2.05) is 19.9 Å². The molecule has 1 amide bonds. The molecule has 2 bridgehead atoms. The summed E-state index contributed by atoms with van der Waals surface area (Å²) < 4.78 is 5.76. The molecular weight excluding hydrogens is 234 g/mol. The first-order chi connectivity index (χ1) is 8.50. The van der Waals surface area contributed by atoms with E-state index >= 15 is 0 Å². The molecule has 3 aliphatic rings. The lowest BCUT2D eigenvalue weighted by Crippen LogP contribution is -2.45. The van der Waals surface area contributed by atoms with Gasteiger partial charge in [0.1, 0.15) is 5.60 Å². The van der Waals surface area contributed by atoms with E-state index in [-0.39, 0.29) is 11.9 Å². The van der Waals surface area contributed by atoms with Gasteiger partial charge >= 0.3 is 0 Å². The minimum atomic E-state index is -1.18. The summed E-state index contributed by atoms with van der Waals surface area (Å²) in [5.74, 6) is -2.73. The highest BCUT2D eigenvalue weighted by Gasteiger charge is 2.65. The normalized spacial score (nSPS) is 42.4. The molecule has 98 valence electrons. The molecule has 3 aliphatic heterocycles. The number of hydrogen-bond donors (Lipinski definition) is 0. The van der Waals surface area contributed by atoms with Crippen LogP contribution in [0.5, 0.6) is 0 Å². The van der Waals surface area contributed by atoms with Crippen molar-refractivity contribution in [3.63, 3.8) is 0 Å². The number of carbonyl (C=O) groups is 2. The number of amides is 1. The lowest BCUT2D eigenvalue weighted by molar-refractivity contribution is -0.313. The Hall–Kier alpha value is -1.36. The van der Waals surface area contributed by atoms with Crippen LogP contribution in [0.25, 0.3) is 0 Å². The average molecular weight is 250 g/mol. The van der Waals surface area contributed by atoms with Gasteiger partial charge in [-0.1, -0.05) is 19.1 Å². The second-order valence-electron chi connectivity index (χ2n) is 5.44. The third-order valence-corrected chi connectivity index (χ3v) is 4.52. The number of carboxylic acids is 1. The topological polar surface area (TPSA) is 69.7 Å². The third kappa shape index (κ3) is 1.25. The SMILES string of the molecule is CC[C@@H](C)N1C[C@@]23C=C[C@@H](O2)[C@H](C(=O)[O-])[C@@H]3C1=O. The zero-order valence-corrected chi connectivity index (χ0v) is 10.5. The number of aliphatic carboxylic acids is 1. The van der Waals surface area contributed by atoms with E-state index in [4.69, 9.17) is 4.74 Å². The zero-order valence-electron chi connectivity index (χ0n) is 10.5. The summed E-state index contributed by atoms with van der Waals surface area (Å²) >= 11 is 0. The lowest BCUT2D eigenvalue weighted by atomic mass is 9.77. The smallest absolute Gasteiger partial charge is 0.230 e. The molecule has 1 spiro atoms. The van der Waals surface area contributed by atoms with Crippen LogP contribution in [0.1, 0.15) is 20.3 Å². The van der Waals surface area contributed by atoms with Gasteiger partial charge in [-0.2, -0.15) is 0 Å². The van der Waals surface area contributed by atoms with Crippen LogP contribution in [-0.2, 0) is 14.3 Å². The van der Waals surface area contributed by atoms with Crippen molar-refractivity contribution in [2.24, 2.45) is 11.8 Å². The minimum absolute atomic E-state index is 0.106. The number of carboxylic acid groups (broad SMARTS) is 1. The van der Waals surface area contributed by atoms with E-state index < -0.39 is 29.5 Å². The van der Waals surface area contributed by atoms with E-state index in [1.165, 1.54) is 0 Å². The molecule has 0 aromatic carbocycles. The molecular formula is C13H16NO4-. The predicted molar refractivity (Wildman–Crippen MR) is 60.2 cm³/mol. The summed E-state index contributed by atoms with van der Waals surface area (Å²) in [6.45, 7) is 4.44. The molecule has 0 unspecified atom stereocenters. The van der Waals surface area contributed by atoms with Crippen LogP contribution in [0, 0.1) is 11.8 Å². The van der Waals surface area contributed by atoms with Gasteiger partial charge in [0, 0.05) is 17.9 Å². The Kier molecular flexibility index (Phi) is 2.32. The van der Waals surface area contributed by atoms with Gasteiger partial charge in [0.05, 0.1) is 18.6 Å². The number of ether oxygens (including phenoxy) is 1. The van der Waals surface area contributed by atoms with Crippen molar-refractivity contribution in [2.75, 3.05) is 6.54 Å². The molecule has 0 aromatic heterocycles. The largest absolute Gasteiger partial charge is 0.550 e. The molecule has 5 atom stereocenters. The highest BCUT2D eigenvalue weighted by molar-refractivity contribution is 5.90. The van der Waals surface area contributed by atoms with Gasteiger partial charge in [0.2, 0.25) is 5.91 Å². The van der Waals surface area contributed by atoms with Crippen molar-refractivity contribution >= 4 is 11.9 Å². The maximum atomic E-state index is 12.4. The molecule has 5 heteroatoms. The Morgan fingerprint density at radius 1 is 1.72 bits per heavy atom. The van der Waals surface area contributed by atoms with Gasteiger partial charge in [-0.25, -0.2) is 0 Å². The maximum absolute atomic E-state index is 12.4. The summed E-state index contributed by atoms with van der Waals surface area (Å²) in [7, 11) is 0. The first-order valence-electron chi connectivity index (χ1n) is 6.38. The average Bonchev–Trinajstić information content (AvgIpc) is 2.96. The third-order valence-electron chi connectivity index (χ3n) is 4.52. The molecule has 0 N–H and O–H groups in total.